The Kier molecular flexibility index (Phi) is 5.20. The Morgan fingerprint density at radius 2 is 2.50 bits per heavy atom. The molecule has 0 fully saturated rings. The Bertz CT molecular complexity index is 138. The lowest BCUT2D eigenvalue weighted by atomic mass is 10.7. The average molecular weight is 143 g/mol. The van der Waals surface area contributed by atoms with Gasteiger partial charge in [0.15, 0.2) is 0 Å². The Labute approximate surface area is 59.5 Å². The molecule has 0 radical (unpaired) electrons. The first kappa shape index (κ1) is 8.79. The summed E-state index contributed by atoms with van der Waals surface area (Å²) in [6, 6.07) is 0. The molecule has 0 saturated heterocycles. The molecule has 0 amide bonds. The number of carbonyl (C=O) groups is 1. The van der Waals surface area contributed by atoms with Gasteiger partial charge in [0.2, 0.25) is 0 Å². The molecule has 1 N–H and O–H groups in total. The third-order valence-electron chi connectivity index (χ3n) is 0.714. The second kappa shape index (κ2) is 5.92. The van der Waals surface area contributed by atoms with Gasteiger partial charge >= 0.3 is 6.16 Å². The fraction of sp³-hybridized carbons (Fsp3) is 0.500. The van der Waals surface area contributed by atoms with Gasteiger partial charge < -0.3 is 14.8 Å². The maximum absolute atomic E-state index is 10.3. The molecule has 0 heterocycles. The zero-order valence-electron chi connectivity index (χ0n) is 5.72. The van der Waals surface area contributed by atoms with E-state index < -0.39 is 6.16 Å². The van der Waals surface area contributed by atoms with Gasteiger partial charge in [-0.05, 0) is 7.05 Å². The van der Waals surface area contributed by atoms with E-state index in [2.05, 4.69) is 21.2 Å². The van der Waals surface area contributed by atoms with Crippen molar-refractivity contribution in [2.24, 2.45) is 0 Å². The summed E-state index contributed by atoms with van der Waals surface area (Å²) in [7, 11) is 1.75. The van der Waals surface area contributed by atoms with Gasteiger partial charge in [0.25, 0.3) is 0 Å². The first-order chi connectivity index (χ1) is 4.81. The van der Waals surface area contributed by atoms with Crippen LogP contribution >= 0.6 is 0 Å². The van der Waals surface area contributed by atoms with E-state index >= 15 is 0 Å². The number of nitrogens with one attached hydrogen (secondary N) is 1. The molecule has 0 atom stereocenters. The molecule has 56 valence electrons. The zero-order chi connectivity index (χ0) is 7.82. The topological polar surface area (TPSA) is 47.6 Å². The Hall–Kier alpha value is -1.21. The van der Waals surface area contributed by atoms with Gasteiger partial charge in [0, 0.05) is 6.54 Å². The SMILES string of the molecule is C#COC(=O)OCCNC. The van der Waals surface area contributed by atoms with E-state index in [4.69, 9.17) is 0 Å². The van der Waals surface area contributed by atoms with Crippen LogP contribution in [0.25, 0.3) is 0 Å². The number of hydrogen-bond acceptors (Lipinski definition) is 4. The molecule has 0 rings (SSSR count). The van der Waals surface area contributed by atoms with Crippen molar-refractivity contribution < 1.29 is 14.3 Å². The molecule has 10 heavy (non-hydrogen) atoms. The molecular formula is C6H9NO3. The molecular weight excluding hydrogens is 134 g/mol. The summed E-state index contributed by atoms with van der Waals surface area (Å²) in [5.41, 5.74) is 0. The van der Waals surface area contributed by atoms with Crippen molar-refractivity contribution in [2.45, 2.75) is 0 Å². The number of hydrogen-bond donors (Lipinski definition) is 1. The fourth-order valence-electron chi connectivity index (χ4n) is 0.314. The molecule has 0 unspecified atom stereocenters. The van der Waals surface area contributed by atoms with Gasteiger partial charge in [-0.2, -0.15) is 0 Å². The van der Waals surface area contributed by atoms with E-state index in [1.54, 1.807) is 13.2 Å². The third-order valence-corrected chi connectivity index (χ3v) is 0.714. The maximum Gasteiger partial charge on any atom is 0.522 e. The van der Waals surface area contributed by atoms with Crippen LogP contribution in [0.4, 0.5) is 4.79 Å². The molecule has 0 saturated carbocycles. The third kappa shape index (κ3) is 4.94. The Balaban J connectivity index is 3.15. The van der Waals surface area contributed by atoms with Gasteiger partial charge in [0.1, 0.15) is 12.7 Å². The number of terminal acetylenes is 1. The first-order valence-corrected chi connectivity index (χ1v) is 2.75. The van der Waals surface area contributed by atoms with Crippen LogP contribution in [-0.4, -0.2) is 26.4 Å². The van der Waals surface area contributed by atoms with Crippen LogP contribution in [0.15, 0.2) is 0 Å². The summed E-state index contributed by atoms with van der Waals surface area (Å²) in [6.07, 6.45) is 5.51. The monoisotopic (exact) mass is 143 g/mol. The zero-order valence-corrected chi connectivity index (χ0v) is 5.72. The highest BCUT2D eigenvalue weighted by atomic mass is 16.7. The predicted octanol–water partition coefficient (Wildman–Crippen LogP) is -0.0503. The molecule has 0 spiro atoms. The second-order valence-corrected chi connectivity index (χ2v) is 1.42. The molecule has 4 heteroatoms. The van der Waals surface area contributed by atoms with Gasteiger partial charge in [-0.15, -0.1) is 0 Å². The maximum atomic E-state index is 10.3. The van der Waals surface area contributed by atoms with Crippen LogP contribution in [0.2, 0.25) is 0 Å². The molecule has 0 bridgehead atoms. The largest absolute Gasteiger partial charge is 0.522 e. The van der Waals surface area contributed by atoms with E-state index in [9.17, 15) is 4.79 Å². The summed E-state index contributed by atoms with van der Waals surface area (Å²) >= 11 is 0. The minimum absolute atomic E-state index is 0.261. The van der Waals surface area contributed by atoms with Crippen LogP contribution in [0.5, 0.6) is 0 Å². The highest BCUT2D eigenvalue weighted by Gasteiger charge is 1.98. The van der Waals surface area contributed by atoms with Crippen LogP contribution in [0.1, 0.15) is 0 Å². The van der Waals surface area contributed by atoms with Crippen molar-refractivity contribution in [3.8, 4) is 12.5 Å². The van der Waals surface area contributed by atoms with Crippen molar-refractivity contribution in [2.75, 3.05) is 20.2 Å². The van der Waals surface area contributed by atoms with E-state index in [-0.39, 0.29) is 6.61 Å². The van der Waals surface area contributed by atoms with Crippen molar-refractivity contribution in [3.63, 3.8) is 0 Å². The van der Waals surface area contributed by atoms with Crippen molar-refractivity contribution in [1.82, 2.24) is 5.32 Å². The van der Waals surface area contributed by atoms with Gasteiger partial charge in [-0.3, -0.25) is 0 Å². The lowest BCUT2D eigenvalue weighted by Gasteiger charge is -1.99. The average Bonchev–Trinajstić information content (AvgIpc) is 1.89. The molecule has 0 aromatic heterocycles. The summed E-state index contributed by atoms with van der Waals surface area (Å²) < 4.78 is 8.48. The number of likely N-dealkylation sites (N-methyl/N-ethyl adjacent to an activating group) is 1. The lowest BCUT2D eigenvalue weighted by molar-refractivity contribution is 0.0915. The predicted molar refractivity (Wildman–Crippen MR) is 35.2 cm³/mol. The van der Waals surface area contributed by atoms with Crippen molar-refractivity contribution in [1.29, 1.82) is 0 Å². The van der Waals surface area contributed by atoms with Crippen molar-refractivity contribution in [3.05, 3.63) is 0 Å². The van der Waals surface area contributed by atoms with Gasteiger partial charge in [-0.25, -0.2) is 4.79 Å². The normalized spacial score (nSPS) is 8.00. The van der Waals surface area contributed by atoms with Crippen LogP contribution < -0.4 is 5.32 Å². The van der Waals surface area contributed by atoms with Crippen LogP contribution in [0.3, 0.4) is 0 Å². The Morgan fingerprint density at radius 1 is 1.80 bits per heavy atom. The molecule has 0 aliphatic rings. The van der Waals surface area contributed by atoms with E-state index in [0.717, 1.165) is 0 Å². The minimum Gasteiger partial charge on any atom is -0.432 e. The molecule has 0 aromatic rings. The Morgan fingerprint density at radius 3 is 3.00 bits per heavy atom. The van der Waals surface area contributed by atoms with Crippen LogP contribution in [-0.2, 0) is 9.47 Å². The van der Waals surface area contributed by atoms with Crippen LogP contribution in [0, 0.1) is 12.5 Å². The fourth-order valence-corrected chi connectivity index (χ4v) is 0.314. The lowest BCUT2D eigenvalue weighted by Crippen LogP contribution is -2.16. The highest BCUT2D eigenvalue weighted by Crippen LogP contribution is 1.80. The molecule has 0 aromatic carbocycles. The minimum atomic E-state index is -0.835. The summed E-state index contributed by atoms with van der Waals surface area (Å²) in [5.74, 6) is 0. The molecule has 0 aliphatic heterocycles. The highest BCUT2D eigenvalue weighted by molar-refractivity contribution is 5.61. The molecule has 0 aliphatic carbocycles. The van der Waals surface area contributed by atoms with Gasteiger partial charge in [-0.1, -0.05) is 6.42 Å². The van der Waals surface area contributed by atoms with E-state index in [1.165, 1.54) is 0 Å². The summed E-state index contributed by atoms with van der Waals surface area (Å²) in [6.45, 7) is 0.844. The van der Waals surface area contributed by atoms with E-state index in [1.807, 2.05) is 0 Å². The summed E-state index contributed by atoms with van der Waals surface area (Å²) in [4.78, 5) is 10.3. The smallest absolute Gasteiger partial charge is 0.432 e. The summed E-state index contributed by atoms with van der Waals surface area (Å²) in [5, 5.41) is 2.78. The number of ether oxygens (including phenoxy) is 2. The number of rotatable bonds is 3. The quantitative estimate of drug-likeness (QED) is 0.342. The second-order valence-electron chi connectivity index (χ2n) is 1.42. The number of carbonyl (C=O) groups excluding carboxylic acids is 1. The van der Waals surface area contributed by atoms with E-state index in [0.29, 0.717) is 6.54 Å². The first-order valence-electron chi connectivity index (χ1n) is 2.75. The molecule has 4 nitrogen and oxygen atoms in total. The van der Waals surface area contributed by atoms with Gasteiger partial charge in [0.05, 0.1) is 0 Å². The standard InChI is InChI=1S/C6H9NO3/c1-3-9-6(8)10-5-4-7-2/h1,7H,4-5H2,2H3. The van der Waals surface area contributed by atoms with Crippen molar-refractivity contribution >= 4 is 6.16 Å².